The third kappa shape index (κ3) is 6.16. The van der Waals surface area contributed by atoms with Crippen molar-refractivity contribution in [2.24, 2.45) is 7.05 Å². The van der Waals surface area contributed by atoms with Crippen LogP contribution in [0.5, 0.6) is 11.5 Å². The van der Waals surface area contributed by atoms with Gasteiger partial charge in [-0.15, -0.1) is 0 Å². The molecular formula is C31H33NO4. The van der Waals surface area contributed by atoms with Crippen molar-refractivity contribution in [1.29, 1.82) is 0 Å². The maximum Gasteiger partial charge on any atom is 0.340 e. The van der Waals surface area contributed by atoms with Gasteiger partial charge in [0.1, 0.15) is 11.5 Å². The number of benzene rings is 3. The molecule has 5 heteroatoms. The number of aryl methyl sites for hydroxylation is 1. The maximum absolute atomic E-state index is 12.5. The molecule has 0 saturated carbocycles. The van der Waals surface area contributed by atoms with E-state index in [1.165, 1.54) is 11.1 Å². The molecule has 0 aliphatic rings. The highest BCUT2D eigenvalue weighted by Gasteiger charge is 2.20. The number of esters is 1. The zero-order valence-corrected chi connectivity index (χ0v) is 21.2. The molecule has 0 amide bonds. The van der Waals surface area contributed by atoms with E-state index in [9.17, 15) is 4.79 Å². The number of nitrogens with zero attached hydrogens (tertiary/aromatic N) is 1. The average molecular weight is 484 g/mol. The zero-order chi connectivity index (χ0) is 25.3. The lowest BCUT2D eigenvalue weighted by molar-refractivity contribution is 0.0527. The van der Waals surface area contributed by atoms with Gasteiger partial charge in [-0.25, -0.2) is 4.79 Å². The summed E-state index contributed by atoms with van der Waals surface area (Å²) in [6.07, 6.45) is 5.94. The van der Waals surface area contributed by atoms with Crippen molar-refractivity contribution in [3.8, 4) is 11.5 Å². The van der Waals surface area contributed by atoms with Gasteiger partial charge in [0, 0.05) is 30.1 Å². The number of ether oxygens (including phenoxy) is 3. The first-order valence-corrected chi connectivity index (χ1v) is 12.4. The van der Waals surface area contributed by atoms with Gasteiger partial charge < -0.3 is 18.8 Å². The second-order valence-corrected chi connectivity index (χ2v) is 8.63. The topological polar surface area (TPSA) is 49.7 Å². The van der Waals surface area contributed by atoms with E-state index in [0.717, 1.165) is 40.9 Å². The Morgan fingerprint density at radius 1 is 0.917 bits per heavy atom. The van der Waals surface area contributed by atoms with Crippen molar-refractivity contribution in [2.45, 2.75) is 26.7 Å². The van der Waals surface area contributed by atoms with E-state index >= 15 is 0 Å². The van der Waals surface area contributed by atoms with Gasteiger partial charge in [0.05, 0.1) is 25.4 Å². The molecule has 0 radical (unpaired) electrons. The molecular weight excluding hydrogens is 450 g/mol. The van der Waals surface area contributed by atoms with E-state index in [0.29, 0.717) is 25.4 Å². The fourth-order valence-electron chi connectivity index (χ4n) is 4.16. The Labute approximate surface area is 212 Å². The van der Waals surface area contributed by atoms with Gasteiger partial charge >= 0.3 is 5.97 Å². The molecule has 0 aliphatic carbocycles. The smallest absolute Gasteiger partial charge is 0.340 e. The summed E-state index contributed by atoms with van der Waals surface area (Å²) in [6.45, 7) is 5.17. The van der Waals surface area contributed by atoms with Crippen molar-refractivity contribution in [2.75, 3.05) is 19.8 Å². The molecule has 0 fully saturated rings. The molecule has 1 aromatic heterocycles. The highest BCUT2D eigenvalue weighted by Crippen LogP contribution is 2.29. The first-order valence-electron chi connectivity index (χ1n) is 12.4. The van der Waals surface area contributed by atoms with Crippen LogP contribution in [0.25, 0.3) is 17.0 Å². The molecule has 3 aromatic carbocycles. The summed E-state index contributed by atoms with van der Waals surface area (Å²) in [7, 11) is 1.95. The van der Waals surface area contributed by atoms with Crippen molar-refractivity contribution >= 4 is 22.9 Å². The SMILES string of the molecule is CCOC(=O)c1c(C)n(C)c2ccc(OCCCOc3ccc(CC=Cc4ccccc4)cc3)cc12. The quantitative estimate of drug-likeness (QED) is 0.175. The average Bonchev–Trinajstić information content (AvgIpc) is 3.14. The summed E-state index contributed by atoms with van der Waals surface area (Å²) < 4.78 is 19.1. The van der Waals surface area contributed by atoms with E-state index in [4.69, 9.17) is 14.2 Å². The van der Waals surface area contributed by atoms with Crippen molar-refractivity contribution in [1.82, 2.24) is 4.57 Å². The summed E-state index contributed by atoms with van der Waals surface area (Å²) in [5.74, 6) is 1.28. The van der Waals surface area contributed by atoms with E-state index in [1.807, 2.05) is 74.0 Å². The van der Waals surface area contributed by atoms with Crippen LogP contribution in [0.1, 0.15) is 40.5 Å². The monoisotopic (exact) mass is 483 g/mol. The second kappa shape index (κ2) is 12.1. The first-order chi connectivity index (χ1) is 17.6. The Kier molecular flexibility index (Phi) is 8.45. The second-order valence-electron chi connectivity index (χ2n) is 8.63. The molecule has 0 N–H and O–H groups in total. The number of rotatable bonds is 11. The maximum atomic E-state index is 12.5. The highest BCUT2D eigenvalue weighted by atomic mass is 16.5. The lowest BCUT2D eigenvalue weighted by Gasteiger charge is -2.09. The zero-order valence-electron chi connectivity index (χ0n) is 21.2. The van der Waals surface area contributed by atoms with Gasteiger partial charge in [0.15, 0.2) is 0 Å². The molecule has 0 unspecified atom stereocenters. The summed E-state index contributed by atoms with van der Waals surface area (Å²) in [5, 5.41) is 0.848. The third-order valence-electron chi connectivity index (χ3n) is 6.16. The van der Waals surface area contributed by atoms with Gasteiger partial charge in [-0.3, -0.25) is 0 Å². The summed E-state index contributed by atoms with van der Waals surface area (Å²) in [6, 6.07) is 24.3. The van der Waals surface area contributed by atoms with E-state index in [2.05, 4.69) is 36.4 Å². The van der Waals surface area contributed by atoms with Crippen molar-refractivity contribution < 1.29 is 19.0 Å². The minimum absolute atomic E-state index is 0.301. The number of aromatic nitrogens is 1. The predicted molar refractivity (Wildman–Crippen MR) is 145 cm³/mol. The Balaban J connectivity index is 1.25. The Morgan fingerprint density at radius 3 is 2.33 bits per heavy atom. The van der Waals surface area contributed by atoms with Gasteiger partial charge in [-0.05, 0) is 61.7 Å². The number of hydrogen-bond acceptors (Lipinski definition) is 4. The molecule has 4 rings (SSSR count). The molecule has 0 saturated heterocycles. The molecule has 36 heavy (non-hydrogen) atoms. The van der Waals surface area contributed by atoms with E-state index in [-0.39, 0.29) is 5.97 Å². The standard InChI is InChI=1S/C31H33NO4/c1-4-34-31(33)30-23(2)32(3)29-19-18-27(22-28(29)30)36-21-9-20-35-26-16-14-25(15-17-26)13-8-12-24-10-6-5-7-11-24/h5-8,10-12,14-19,22H,4,9,13,20-21H2,1-3H3. The van der Waals surface area contributed by atoms with Crippen LogP contribution < -0.4 is 9.47 Å². The van der Waals surface area contributed by atoms with E-state index in [1.54, 1.807) is 0 Å². The van der Waals surface area contributed by atoms with Gasteiger partial charge in [0.2, 0.25) is 0 Å². The number of carbonyl (C=O) groups is 1. The summed E-state index contributed by atoms with van der Waals surface area (Å²) in [5.41, 5.74) is 4.91. The molecule has 5 nitrogen and oxygen atoms in total. The van der Waals surface area contributed by atoms with Crippen LogP contribution in [0.4, 0.5) is 0 Å². The van der Waals surface area contributed by atoms with Gasteiger partial charge in [0.25, 0.3) is 0 Å². The summed E-state index contributed by atoms with van der Waals surface area (Å²) in [4.78, 5) is 12.5. The van der Waals surface area contributed by atoms with Crippen LogP contribution >= 0.6 is 0 Å². The lowest BCUT2D eigenvalue weighted by atomic mass is 10.1. The highest BCUT2D eigenvalue weighted by molar-refractivity contribution is 6.06. The number of fused-ring (bicyclic) bond motifs is 1. The lowest BCUT2D eigenvalue weighted by Crippen LogP contribution is -2.06. The summed E-state index contributed by atoms with van der Waals surface area (Å²) >= 11 is 0. The predicted octanol–water partition coefficient (Wildman–Crippen LogP) is 6.77. The van der Waals surface area contributed by atoms with Gasteiger partial charge in [-0.2, -0.15) is 0 Å². The minimum atomic E-state index is -0.301. The number of allylic oxidation sites excluding steroid dienone is 1. The van der Waals surface area contributed by atoms with Crippen molar-refractivity contribution in [3.05, 3.63) is 101 Å². The van der Waals surface area contributed by atoms with E-state index < -0.39 is 0 Å². The molecule has 0 atom stereocenters. The largest absolute Gasteiger partial charge is 0.493 e. The Hall–Kier alpha value is -3.99. The Bertz CT molecular complexity index is 1320. The molecule has 186 valence electrons. The Morgan fingerprint density at radius 2 is 1.61 bits per heavy atom. The normalized spacial score (nSPS) is 11.2. The third-order valence-corrected chi connectivity index (χ3v) is 6.16. The molecule has 1 heterocycles. The molecule has 0 aliphatic heterocycles. The van der Waals surface area contributed by atoms with Crippen LogP contribution in [-0.4, -0.2) is 30.4 Å². The fraction of sp³-hybridized carbons (Fsp3) is 0.258. The molecule has 0 spiro atoms. The van der Waals surface area contributed by atoms with Gasteiger partial charge in [-0.1, -0.05) is 54.6 Å². The fourth-order valence-corrected chi connectivity index (χ4v) is 4.16. The van der Waals surface area contributed by atoms with Crippen LogP contribution in [-0.2, 0) is 18.2 Å². The van der Waals surface area contributed by atoms with Crippen molar-refractivity contribution in [3.63, 3.8) is 0 Å². The molecule has 0 bridgehead atoms. The molecule has 4 aromatic rings. The minimum Gasteiger partial charge on any atom is -0.493 e. The van der Waals surface area contributed by atoms with Crippen LogP contribution in [0, 0.1) is 6.92 Å². The van der Waals surface area contributed by atoms with Crippen LogP contribution in [0.15, 0.2) is 78.9 Å². The number of hydrogen-bond donors (Lipinski definition) is 0. The van der Waals surface area contributed by atoms with Crippen LogP contribution in [0.2, 0.25) is 0 Å². The first kappa shape index (κ1) is 25.1. The number of carbonyl (C=O) groups excluding carboxylic acids is 1. The van der Waals surface area contributed by atoms with Crippen LogP contribution in [0.3, 0.4) is 0 Å².